The Kier molecular flexibility index (Phi) is 4.20. The van der Waals surface area contributed by atoms with Crippen molar-refractivity contribution in [1.82, 2.24) is 9.97 Å². The molecule has 0 fully saturated rings. The van der Waals surface area contributed by atoms with Gasteiger partial charge in [0.25, 0.3) is 10.0 Å². The molecular weight excluding hydrogens is 310 g/mol. The monoisotopic (exact) mass is 325 g/mol. The number of aromatic nitrogens is 2. The highest BCUT2D eigenvalue weighted by atomic mass is 35.5. The Balaban J connectivity index is 2.25. The first-order valence-electron chi connectivity index (χ1n) is 6.29. The topological polar surface area (TPSA) is 72.0 Å². The minimum absolute atomic E-state index is 0.0145. The molecule has 1 aromatic carbocycles. The van der Waals surface area contributed by atoms with Crippen LogP contribution in [0.1, 0.15) is 26.3 Å². The number of rotatable bonds is 3. The normalized spacial score (nSPS) is 12.2. The van der Waals surface area contributed by atoms with E-state index in [0.717, 1.165) is 5.56 Å². The molecule has 0 bridgehead atoms. The molecule has 0 atom stereocenters. The van der Waals surface area contributed by atoms with Gasteiger partial charge in [0.15, 0.2) is 0 Å². The molecule has 1 N–H and O–H groups in total. The van der Waals surface area contributed by atoms with E-state index in [2.05, 4.69) is 35.5 Å². The number of halogens is 1. The molecule has 2 aromatic rings. The van der Waals surface area contributed by atoms with Gasteiger partial charge in [-0.05, 0) is 23.1 Å². The quantitative estimate of drug-likeness (QED) is 0.940. The van der Waals surface area contributed by atoms with Crippen LogP contribution in [0.4, 0.5) is 5.95 Å². The van der Waals surface area contributed by atoms with E-state index in [9.17, 15) is 8.42 Å². The van der Waals surface area contributed by atoms with Crippen molar-refractivity contribution in [2.75, 3.05) is 4.72 Å². The molecule has 112 valence electrons. The Morgan fingerprint density at radius 3 is 2.05 bits per heavy atom. The van der Waals surface area contributed by atoms with Crippen molar-refractivity contribution >= 4 is 27.6 Å². The number of hydrogen-bond acceptors (Lipinski definition) is 4. The van der Waals surface area contributed by atoms with Crippen molar-refractivity contribution in [2.45, 2.75) is 31.1 Å². The Bertz CT molecular complexity index is 720. The Labute approximate surface area is 129 Å². The summed E-state index contributed by atoms with van der Waals surface area (Å²) >= 11 is 5.66. The molecule has 2 rings (SSSR count). The minimum Gasteiger partial charge on any atom is -0.247 e. The van der Waals surface area contributed by atoms with Crippen molar-refractivity contribution in [3.8, 4) is 0 Å². The number of nitrogens with one attached hydrogen (secondary N) is 1. The van der Waals surface area contributed by atoms with Crippen molar-refractivity contribution < 1.29 is 8.42 Å². The predicted octanol–water partition coefficient (Wildman–Crippen LogP) is 3.23. The molecule has 21 heavy (non-hydrogen) atoms. The molecule has 0 saturated heterocycles. The molecular formula is C14H16ClN3O2S. The Morgan fingerprint density at radius 1 is 1.05 bits per heavy atom. The highest BCUT2D eigenvalue weighted by Crippen LogP contribution is 2.23. The molecule has 5 nitrogen and oxygen atoms in total. The second-order valence-corrected chi connectivity index (χ2v) is 7.72. The van der Waals surface area contributed by atoms with Crippen molar-refractivity contribution in [3.05, 3.63) is 47.2 Å². The number of sulfonamides is 1. The largest absolute Gasteiger partial charge is 0.264 e. The molecule has 0 aliphatic heterocycles. The summed E-state index contributed by atoms with van der Waals surface area (Å²) in [6.45, 7) is 6.20. The maximum Gasteiger partial charge on any atom is 0.264 e. The summed E-state index contributed by atoms with van der Waals surface area (Å²) in [6, 6.07) is 6.74. The molecule has 1 heterocycles. The maximum atomic E-state index is 12.2. The lowest BCUT2D eigenvalue weighted by atomic mass is 9.87. The minimum atomic E-state index is -3.71. The van der Waals surface area contributed by atoms with E-state index in [1.807, 2.05) is 0 Å². The molecule has 7 heteroatoms. The lowest BCUT2D eigenvalue weighted by Gasteiger charge is -2.19. The standard InChI is InChI=1S/C14H16ClN3O2S/c1-14(2,3)10-4-6-12(7-5-10)21(19,20)18-13-16-8-11(15)9-17-13/h4-9H,1-3H3,(H,16,17,18). The van der Waals surface area contributed by atoms with E-state index in [4.69, 9.17) is 11.6 Å². The van der Waals surface area contributed by atoms with E-state index in [1.54, 1.807) is 24.3 Å². The fourth-order valence-electron chi connectivity index (χ4n) is 1.68. The van der Waals surface area contributed by atoms with Crippen LogP contribution in [0.25, 0.3) is 0 Å². The average molecular weight is 326 g/mol. The van der Waals surface area contributed by atoms with Crippen molar-refractivity contribution in [1.29, 1.82) is 0 Å². The van der Waals surface area contributed by atoms with Crippen LogP contribution >= 0.6 is 11.6 Å². The SMILES string of the molecule is CC(C)(C)c1ccc(S(=O)(=O)Nc2ncc(Cl)cn2)cc1. The van der Waals surface area contributed by atoms with Crippen LogP contribution in [0.5, 0.6) is 0 Å². The van der Waals surface area contributed by atoms with Gasteiger partial charge in [-0.2, -0.15) is 0 Å². The highest BCUT2D eigenvalue weighted by molar-refractivity contribution is 7.92. The molecule has 0 spiro atoms. The van der Waals surface area contributed by atoms with Crippen LogP contribution in [0, 0.1) is 0 Å². The Hall–Kier alpha value is -1.66. The summed E-state index contributed by atoms with van der Waals surface area (Å²) in [5.41, 5.74) is 1.03. The predicted molar refractivity (Wildman–Crippen MR) is 83.0 cm³/mol. The number of anilines is 1. The molecule has 0 amide bonds. The van der Waals surface area contributed by atoms with E-state index in [0.29, 0.717) is 5.02 Å². The third kappa shape index (κ3) is 3.92. The number of benzene rings is 1. The molecule has 0 radical (unpaired) electrons. The van der Waals surface area contributed by atoms with Crippen LogP contribution in [-0.4, -0.2) is 18.4 Å². The molecule has 0 aliphatic carbocycles. The lowest BCUT2D eigenvalue weighted by molar-refractivity contribution is 0.587. The maximum absolute atomic E-state index is 12.2. The fraction of sp³-hybridized carbons (Fsp3) is 0.286. The van der Waals surface area contributed by atoms with Crippen LogP contribution in [-0.2, 0) is 15.4 Å². The summed E-state index contributed by atoms with van der Waals surface area (Å²) in [5.74, 6) is -0.0145. The first-order valence-corrected chi connectivity index (χ1v) is 8.15. The van der Waals surface area contributed by atoms with Gasteiger partial charge in [0.2, 0.25) is 5.95 Å². The first-order chi connectivity index (χ1) is 9.68. The van der Waals surface area contributed by atoms with Gasteiger partial charge < -0.3 is 0 Å². The third-order valence-electron chi connectivity index (χ3n) is 2.88. The van der Waals surface area contributed by atoms with E-state index >= 15 is 0 Å². The summed E-state index contributed by atoms with van der Waals surface area (Å²) in [4.78, 5) is 7.79. The highest BCUT2D eigenvalue weighted by Gasteiger charge is 2.18. The third-order valence-corrected chi connectivity index (χ3v) is 4.42. The van der Waals surface area contributed by atoms with Gasteiger partial charge in [0.05, 0.1) is 22.3 Å². The molecule has 0 unspecified atom stereocenters. The Morgan fingerprint density at radius 2 is 1.57 bits per heavy atom. The zero-order valence-corrected chi connectivity index (χ0v) is 13.5. The van der Waals surface area contributed by atoms with Crippen molar-refractivity contribution in [2.24, 2.45) is 0 Å². The number of hydrogen-bond donors (Lipinski definition) is 1. The summed E-state index contributed by atoms with van der Waals surface area (Å²) in [7, 11) is -3.71. The lowest BCUT2D eigenvalue weighted by Crippen LogP contribution is -2.16. The summed E-state index contributed by atoms with van der Waals surface area (Å²) < 4.78 is 26.8. The van der Waals surface area contributed by atoms with E-state index in [-0.39, 0.29) is 16.3 Å². The van der Waals surface area contributed by atoms with Crippen molar-refractivity contribution in [3.63, 3.8) is 0 Å². The van der Waals surface area contributed by atoms with Gasteiger partial charge in [-0.15, -0.1) is 0 Å². The van der Waals surface area contributed by atoms with Crippen LogP contribution in [0.3, 0.4) is 0 Å². The zero-order valence-electron chi connectivity index (χ0n) is 12.0. The zero-order chi connectivity index (χ0) is 15.7. The van der Waals surface area contributed by atoms with Gasteiger partial charge in [-0.1, -0.05) is 44.5 Å². The van der Waals surface area contributed by atoms with Gasteiger partial charge in [0.1, 0.15) is 0 Å². The van der Waals surface area contributed by atoms with Crippen LogP contribution < -0.4 is 4.72 Å². The summed E-state index contributed by atoms with van der Waals surface area (Å²) in [6.07, 6.45) is 2.66. The number of nitrogens with zero attached hydrogens (tertiary/aromatic N) is 2. The average Bonchev–Trinajstić information content (AvgIpc) is 2.40. The second kappa shape index (κ2) is 5.61. The first kappa shape index (κ1) is 15.7. The molecule has 0 aliphatic rings. The summed E-state index contributed by atoms with van der Waals surface area (Å²) in [5, 5.41) is 0.340. The van der Waals surface area contributed by atoms with Gasteiger partial charge in [-0.25, -0.2) is 23.1 Å². The molecule has 1 aromatic heterocycles. The van der Waals surface area contributed by atoms with Gasteiger partial charge >= 0.3 is 0 Å². The van der Waals surface area contributed by atoms with E-state index in [1.165, 1.54) is 12.4 Å². The fourth-order valence-corrected chi connectivity index (χ4v) is 2.73. The van der Waals surface area contributed by atoms with E-state index < -0.39 is 10.0 Å². The molecule has 0 saturated carbocycles. The van der Waals surface area contributed by atoms with Crippen LogP contribution in [0.15, 0.2) is 41.6 Å². The second-order valence-electron chi connectivity index (χ2n) is 5.60. The van der Waals surface area contributed by atoms with Gasteiger partial charge in [-0.3, -0.25) is 0 Å². The van der Waals surface area contributed by atoms with Crippen LogP contribution in [0.2, 0.25) is 5.02 Å². The smallest absolute Gasteiger partial charge is 0.247 e. The van der Waals surface area contributed by atoms with Gasteiger partial charge in [0, 0.05) is 0 Å².